The number of alkyl carbamates (subject to hydrolysis) is 1. The molecule has 1 saturated heterocycles. The number of nitrogens with zero attached hydrogens (tertiary/aromatic N) is 3. The topological polar surface area (TPSA) is 195 Å². The highest BCUT2D eigenvalue weighted by atomic mass is 32.2. The van der Waals surface area contributed by atoms with Gasteiger partial charge in [-0.25, -0.2) is 17.9 Å². The van der Waals surface area contributed by atoms with Gasteiger partial charge in [-0.05, 0) is 47.9 Å². The van der Waals surface area contributed by atoms with E-state index in [4.69, 9.17) is 9.47 Å². The summed E-state index contributed by atoms with van der Waals surface area (Å²) in [5.74, 6) is -2.99. The summed E-state index contributed by atoms with van der Waals surface area (Å²) in [6, 6.07) is 10.0. The third-order valence-corrected chi connectivity index (χ3v) is 12.5. The largest absolute Gasteiger partial charge is 0.491 e. The average molecular weight is 773 g/mol. The van der Waals surface area contributed by atoms with Crippen LogP contribution in [0.3, 0.4) is 0 Å². The molecule has 3 aromatic rings. The van der Waals surface area contributed by atoms with Gasteiger partial charge >= 0.3 is 6.09 Å². The van der Waals surface area contributed by atoms with Crippen LogP contribution in [0.15, 0.2) is 78.3 Å². The van der Waals surface area contributed by atoms with Crippen LogP contribution in [-0.4, -0.2) is 89.5 Å². The smallest absolute Gasteiger partial charge is 0.408 e. The van der Waals surface area contributed by atoms with Crippen molar-refractivity contribution in [1.82, 2.24) is 30.0 Å². The maximum atomic E-state index is 14.7. The number of aromatic nitrogens is 2. The Labute approximate surface area is 318 Å². The van der Waals surface area contributed by atoms with Crippen molar-refractivity contribution in [1.29, 1.82) is 0 Å². The number of amides is 4. The summed E-state index contributed by atoms with van der Waals surface area (Å²) in [7, 11) is -3.94. The van der Waals surface area contributed by atoms with Gasteiger partial charge in [0, 0.05) is 18.9 Å². The van der Waals surface area contributed by atoms with Crippen LogP contribution in [0.4, 0.5) is 4.79 Å². The van der Waals surface area contributed by atoms with E-state index >= 15 is 0 Å². The molecule has 5 aliphatic rings. The Morgan fingerprint density at radius 3 is 2.56 bits per heavy atom. The van der Waals surface area contributed by atoms with Crippen molar-refractivity contribution >= 4 is 44.6 Å². The fraction of sp³-hybridized carbons (Fsp3) is 0.436. The summed E-state index contributed by atoms with van der Waals surface area (Å²) in [5, 5.41) is 11.0. The van der Waals surface area contributed by atoms with Gasteiger partial charge in [-0.1, -0.05) is 74.5 Å². The van der Waals surface area contributed by atoms with Crippen molar-refractivity contribution in [3.8, 4) is 16.9 Å². The second-order valence-corrected chi connectivity index (χ2v) is 16.8. The molecule has 2 saturated carbocycles. The monoisotopic (exact) mass is 772 g/mol. The minimum atomic E-state index is -3.94. The van der Waals surface area contributed by atoms with Gasteiger partial charge in [-0.2, -0.15) is 5.10 Å². The molecule has 4 heterocycles. The van der Waals surface area contributed by atoms with Gasteiger partial charge < -0.3 is 25.0 Å². The number of hydrogen-bond acceptors (Lipinski definition) is 10. The molecule has 5 atom stereocenters. The molecule has 4 amide bonds. The summed E-state index contributed by atoms with van der Waals surface area (Å²) in [6.07, 6.45) is 6.83. The van der Waals surface area contributed by atoms with Gasteiger partial charge in [0.15, 0.2) is 5.75 Å². The molecule has 15 nitrogen and oxygen atoms in total. The fourth-order valence-corrected chi connectivity index (χ4v) is 8.79. The van der Waals surface area contributed by atoms with E-state index in [9.17, 15) is 32.4 Å². The Kier molecular flexibility index (Phi) is 10.3. The zero-order valence-corrected chi connectivity index (χ0v) is 31.4. The van der Waals surface area contributed by atoms with Gasteiger partial charge in [0.2, 0.25) is 21.8 Å². The van der Waals surface area contributed by atoms with Crippen LogP contribution in [0.25, 0.3) is 21.9 Å². The Hall–Kier alpha value is -5.51. The van der Waals surface area contributed by atoms with Crippen molar-refractivity contribution in [3.63, 3.8) is 0 Å². The first kappa shape index (κ1) is 37.8. The number of carbonyl (C=O) groups is 4. The van der Waals surface area contributed by atoms with Crippen LogP contribution < -0.4 is 25.7 Å². The van der Waals surface area contributed by atoms with Gasteiger partial charge in [0.05, 0.1) is 29.7 Å². The van der Waals surface area contributed by atoms with E-state index in [-0.39, 0.29) is 43.9 Å². The van der Waals surface area contributed by atoms with E-state index in [1.807, 2.05) is 42.5 Å². The Morgan fingerprint density at radius 1 is 1.07 bits per heavy atom. The van der Waals surface area contributed by atoms with Gasteiger partial charge in [0.1, 0.15) is 24.2 Å². The van der Waals surface area contributed by atoms with Crippen molar-refractivity contribution < 1.29 is 37.1 Å². The summed E-state index contributed by atoms with van der Waals surface area (Å²) in [4.78, 5) is 71.2. The van der Waals surface area contributed by atoms with Crippen molar-refractivity contribution in [3.05, 3.63) is 83.8 Å². The molecule has 3 N–H and O–H groups in total. The predicted octanol–water partition coefficient (Wildman–Crippen LogP) is 2.96. The van der Waals surface area contributed by atoms with E-state index in [1.54, 1.807) is 26.0 Å². The molecule has 290 valence electrons. The first-order valence-corrected chi connectivity index (χ1v) is 20.0. The first-order chi connectivity index (χ1) is 26.3. The molecule has 4 bridgehead atoms. The molecule has 8 rings (SSSR count). The highest BCUT2D eigenvalue weighted by Gasteiger charge is 2.62. The number of hydrogen-bond donors (Lipinski definition) is 3. The quantitative estimate of drug-likeness (QED) is 0.287. The van der Waals surface area contributed by atoms with Crippen molar-refractivity contribution in [2.24, 2.45) is 11.8 Å². The molecule has 0 radical (unpaired) electrons. The SMILES string of the molecule is C=CC1CC1(NC(=O)[C@@H]1C[C@@H]2CN1C(=O)[C@H](C(C)C)NC(=O)OC/C=C/CCOc1cnn2c(=O)c1-c1cccc2ccccc12)C(=O)NS(=O)(=O)C1CC1. The molecule has 2 unspecified atom stereocenters. The van der Waals surface area contributed by atoms with E-state index in [0.29, 0.717) is 24.8 Å². The van der Waals surface area contributed by atoms with Crippen LogP contribution >= 0.6 is 0 Å². The molecule has 0 spiro atoms. The van der Waals surface area contributed by atoms with Crippen LogP contribution in [0.1, 0.15) is 52.0 Å². The Bertz CT molecular complexity index is 2250. The normalized spacial score (nSPS) is 26.3. The predicted molar refractivity (Wildman–Crippen MR) is 202 cm³/mol. The highest BCUT2D eigenvalue weighted by molar-refractivity contribution is 7.91. The lowest BCUT2D eigenvalue weighted by molar-refractivity contribution is -0.141. The zero-order valence-electron chi connectivity index (χ0n) is 30.6. The molecule has 2 aliphatic carbocycles. The molecule has 16 heteroatoms. The minimum Gasteiger partial charge on any atom is -0.491 e. The number of carbonyl (C=O) groups excluding carboxylic acids is 4. The number of rotatable bonds is 8. The lowest BCUT2D eigenvalue weighted by Crippen LogP contribution is -2.59. The maximum Gasteiger partial charge on any atom is 0.408 e. The lowest BCUT2D eigenvalue weighted by Gasteiger charge is -2.31. The van der Waals surface area contributed by atoms with Crippen LogP contribution in [0, 0.1) is 11.8 Å². The zero-order chi connectivity index (χ0) is 39.1. The van der Waals surface area contributed by atoms with Crippen LogP contribution in [-0.2, 0) is 29.1 Å². The summed E-state index contributed by atoms with van der Waals surface area (Å²) < 4.78 is 40.3. The number of nitrogens with one attached hydrogen (secondary N) is 3. The molecule has 3 aliphatic heterocycles. The fourth-order valence-electron chi connectivity index (χ4n) is 7.42. The number of benzene rings is 2. The molecule has 55 heavy (non-hydrogen) atoms. The number of fused-ring (bicyclic) bond motifs is 12. The maximum absolute atomic E-state index is 14.7. The summed E-state index contributed by atoms with van der Waals surface area (Å²) in [6.45, 7) is 7.19. The van der Waals surface area contributed by atoms with Gasteiger partial charge in [-0.3, -0.25) is 23.9 Å². The second-order valence-electron chi connectivity index (χ2n) is 14.8. The van der Waals surface area contributed by atoms with Crippen LogP contribution in [0.2, 0.25) is 0 Å². The number of sulfonamides is 1. The third kappa shape index (κ3) is 7.46. The van der Waals surface area contributed by atoms with E-state index in [2.05, 4.69) is 27.0 Å². The molecule has 1 aromatic heterocycles. The standard InChI is InChI=1S/C39H44N6O9S/c1-4-25-20-39(25,37(49)43-55(51,52)27-15-16-27)42-34(46)30-19-26-22-44(30)36(48)33(23(2)3)41-38(50)54-18-9-5-8-17-53-31-21-40-45(26)35(47)32(31)29-14-10-12-24-11-6-7-13-28(24)29/h4-7,9-14,21,23,25-27,30,33H,1,8,15-20,22H2,2-3H3,(H,41,50)(H,42,46)(H,43,49)/b9-5+/t25?,26-,30+,33+,39?/m1/s1. The van der Waals surface area contributed by atoms with E-state index in [0.717, 1.165) is 10.8 Å². The minimum absolute atomic E-state index is 0.0778. The molecular weight excluding hydrogens is 729 g/mol. The average Bonchev–Trinajstić information content (AvgIpc) is 4.09. The van der Waals surface area contributed by atoms with E-state index < -0.39 is 80.1 Å². The highest BCUT2D eigenvalue weighted by Crippen LogP contribution is 2.46. The second kappa shape index (κ2) is 15.0. The Morgan fingerprint density at radius 2 is 1.84 bits per heavy atom. The Balaban J connectivity index is 1.29. The van der Waals surface area contributed by atoms with Gasteiger partial charge in [0.25, 0.3) is 11.5 Å². The van der Waals surface area contributed by atoms with Crippen molar-refractivity contribution in [2.75, 3.05) is 19.8 Å². The number of ether oxygens (including phenoxy) is 2. The first-order valence-electron chi connectivity index (χ1n) is 18.5. The molecule has 3 fully saturated rings. The summed E-state index contributed by atoms with van der Waals surface area (Å²) >= 11 is 0. The molecular formula is C39H44N6O9S. The molecule has 2 aromatic carbocycles. The van der Waals surface area contributed by atoms with Gasteiger partial charge in [-0.15, -0.1) is 6.58 Å². The van der Waals surface area contributed by atoms with Crippen LogP contribution in [0.5, 0.6) is 5.75 Å². The third-order valence-electron chi connectivity index (χ3n) is 10.7. The van der Waals surface area contributed by atoms with E-state index in [1.165, 1.54) is 21.9 Å². The summed E-state index contributed by atoms with van der Waals surface area (Å²) in [5.41, 5.74) is -1.23. The lowest BCUT2D eigenvalue weighted by atomic mass is 9.99. The van der Waals surface area contributed by atoms with Crippen molar-refractivity contribution in [2.45, 2.75) is 74.9 Å².